The molecule has 0 amide bonds. The summed E-state index contributed by atoms with van der Waals surface area (Å²) in [6.07, 6.45) is 0.901. The molecule has 0 spiro atoms. The van der Waals surface area contributed by atoms with Gasteiger partial charge in [0.25, 0.3) is 0 Å². The molecule has 2 atom stereocenters. The van der Waals surface area contributed by atoms with Gasteiger partial charge in [-0.2, -0.15) is 0 Å². The van der Waals surface area contributed by atoms with E-state index in [1.165, 1.54) is 5.56 Å². The SMILES string of the molecule is CCc1ccc(C(N)C(C)Oc2cc(Cl)ccc2C)cc1. The minimum Gasteiger partial charge on any atom is -0.488 e. The molecule has 2 aromatic rings. The smallest absolute Gasteiger partial charge is 0.124 e. The lowest BCUT2D eigenvalue weighted by atomic mass is 10.0. The van der Waals surface area contributed by atoms with Gasteiger partial charge in [-0.15, -0.1) is 0 Å². The average molecular weight is 304 g/mol. The van der Waals surface area contributed by atoms with Gasteiger partial charge in [-0.05, 0) is 49.1 Å². The van der Waals surface area contributed by atoms with Crippen molar-refractivity contribution in [2.24, 2.45) is 5.73 Å². The number of ether oxygens (including phenoxy) is 1. The summed E-state index contributed by atoms with van der Waals surface area (Å²) >= 11 is 6.02. The molecule has 0 aliphatic carbocycles. The van der Waals surface area contributed by atoms with E-state index in [1.54, 1.807) is 0 Å². The molecule has 0 saturated carbocycles. The van der Waals surface area contributed by atoms with E-state index in [0.29, 0.717) is 5.02 Å². The van der Waals surface area contributed by atoms with Gasteiger partial charge in [-0.25, -0.2) is 0 Å². The molecular formula is C18H22ClNO. The molecule has 21 heavy (non-hydrogen) atoms. The molecule has 0 heterocycles. The van der Waals surface area contributed by atoms with E-state index in [2.05, 4.69) is 31.2 Å². The topological polar surface area (TPSA) is 35.2 Å². The number of halogens is 1. The van der Waals surface area contributed by atoms with Gasteiger partial charge < -0.3 is 10.5 Å². The number of hydrogen-bond acceptors (Lipinski definition) is 2. The maximum Gasteiger partial charge on any atom is 0.124 e. The van der Waals surface area contributed by atoms with Gasteiger partial charge in [0.05, 0.1) is 6.04 Å². The summed E-state index contributed by atoms with van der Waals surface area (Å²) in [6.45, 7) is 6.13. The molecule has 0 aromatic heterocycles. The van der Waals surface area contributed by atoms with Crippen LogP contribution in [-0.4, -0.2) is 6.10 Å². The lowest BCUT2D eigenvalue weighted by Crippen LogP contribution is -2.28. The molecule has 2 N–H and O–H groups in total. The summed E-state index contributed by atoms with van der Waals surface area (Å²) in [4.78, 5) is 0. The van der Waals surface area contributed by atoms with Gasteiger partial charge in [-0.3, -0.25) is 0 Å². The van der Waals surface area contributed by atoms with Crippen molar-refractivity contribution in [1.82, 2.24) is 0 Å². The monoisotopic (exact) mass is 303 g/mol. The first kappa shape index (κ1) is 15.9. The van der Waals surface area contributed by atoms with Crippen LogP contribution in [0.5, 0.6) is 5.75 Å². The summed E-state index contributed by atoms with van der Waals surface area (Å²) in [6, 6.07) is 13.9. The van der Waals surface area contributed by atoms with Crippen LogP contribution in [0.2, 0.25) is 5.02 Å². The Bertz CT molecular complexity index is 595. The number of hydrogen-bond donors (Lipinski definition) is 1. The quantitative estimate of drug-likeness (QED) is 0.870. The lowest BCUT2D eigenvalue weighted by molar-refractivity contribution is 0.189. The Morgan fingerprint density at radius 3 is 2.43 bits per heavy atom. The molecule has 0 saturated heterocycles. The third-order valence-corrected chi connectivity index (χ3v) is 3.98. The van der Waals surface area contributed by atoms with E-state index in [4.69, 9.17) is 22.1 Å². The Balaban J connectivity index is 2.11. The standard InChI is InChI=1S/C18H22ClNO/c1-4-14-6-8-15(9-7-14)18(20)13(3)21-17-11-16(19)10-5-12(17)2/h5-11,13,18H,4,20H2,1-3H3. The van der Waals surface area contributed by atoms with Gasteiger partial charge in [0.15, 0.2) is 0 Å². The van der Waals surface area contributed by atoms with Crippen LogP contribution in [0.1, 0.15) is 36.6 Å². The predicted molar refractivity (Wildman–Crippen MR) is 89.0 cm³/mol. The predicted octanol–water partition coefficient (Wildman–Crippen LogP) is 4.68. The number of aryl methyl sites for hydroxylation is 2. The molecule has 0 radical (unpaired) electrons. The average Bonchev–Trinajstić information content (AvgIpc) is 2.50. The summed E-state index contributed by atoms with van der Waals surface area (Å²) in [7, 11) is 0. The highest BCUT2D eigenvalue weighted by molar-refractivity contribution is 6.30. The summed E-state index contributed by atoms with van der Waals surface area (Å²) in [5.41, 5.74) is 9.76. The molecule has 0 fully saturated rings. The molecule has 0 aliphatic heterocycles. The van der Waals surface area contributed by atoms with Crippen molar-refractivity contribution in [3.8, 4) is 5.75 Å². The van der Waals surface area contributed by atoms with E-state index in [1.807, 2.05) is 32.0 Å². The van der Waals surface area contributed by atoms with Crippen molar-refractivity contribution in [2.45, 2.75) is 39.3 Å². The van der Waals surface area contributed by atoms with Crippen molar-refractivity contribution in [2.75, 3.05) is 0 Å². The van der Waals surface area contributed by atoms with Crippen molar-refractivity contribution in [3.05, 3.63) is 64.2 Å². The normalized spacial score (nSPS) is 13.8. The maximum atomic E-state index is 6.31. The molecule has 2 nitrogen and oxygen atoms in total. The fraction of sp³-hybridized carbons (Fsp3) is 0.333. The molecule has 2 rings (SSSR count). The zero-order valence-electron chi connectivity index (χ0n) is 12.8. The van der Waals surface area contributed by atoms with Crippen LogP contribution < -0.4 is 10.5 Å². The second-order valence-corrected chi connectivity index (χ2v) is 5.79. The van der Waals surface area contributed by atoms with Crippen molar-refractivity contribution in [1.29, 1.82) is 0 Å². The number of nitrogens with two attached hydrogens (primary N) is 1. The molecule has 0 bridgehead atoms. The zero-order valence-corrected chi connectivity index (χ0v) is 13.5. The van der Waals surface area contributed by atoms with Crippen LogP contribution in [0.3, 0.4) is 0 Å². The molecule has 2 aromatic carbocycles. The second-order valence-electron chi connectivity index (χ2n) is 5.35. The van der Waals surface area contributed by atoms with Crippen LogP contribution >= 0.6 is 11.6 Å². The van der Waals surface area contributed by atoms with Crippen LogP contribution in [0.15, 0.2) is 42.5 Å². The highest BCUT2D eigenvalue weighted by Crippen LogP contribution is 2.26. The van der Waals surface area contributed by atoms with Gasteiger partial charge in [-0.1, -0.05) is 48.9 Å². The van der Waals surface area contributed by atoms with Crippen molar-refractivity contribution in [3.63, 3.8) is 0 Å². The number of rotatable bonds is 5. The minimum atomic E-state index is -0.172. The first-order valence-electron chi connectivity index (χ1n) is 7.28. The van der Waals surface area contributed by atoms with E-state index >= 15 is 0 Å². The van der Waals surface area contributed by atoms with Gasteiger partial charge in [0, 0.05) is 5.02 Å². The fourth-order valence-electron chi connectivity index (χ4n) is 2.22. The van der Waals surface area contributed by atoms with Crippen LogP contribution in [-0.2, 0) is 6.42 Å². The van der Waals surface area contributed by atoms with E-state index in [0.717, 1.165) is 23.3 Å². The Morgan fingerprint density at radius 1 is 1.14 bits per heavy atom. The molecule has 2 unspecified atom stereocenters. The first-order valence-corrected chi connectivity index (χ1v) is 7.66. The number of benzene rings is 2. The Kier molecular flexibility index (Phi) is 5.27. The second kappa shape index (κ2) is 6.97. The van der Waals surface area contributed by atoms with E-state index < -0.39 is 0 Å². The maximum absolute atomic E-state index is 6.31. The van der Waals surface area contributed by atoms with Crippen LogP contribution in [0.4, 0.5) is 0 Å². The largest absolute Gasteiger partial charge is 0.488 e. The Hall–Kier alpha value is -1.51. The summed E-state index contributed by atoms with van der Waals surface area (Å²) in [5, 5.41) is 0.670. The lowest BCUT2D eigenvalue weighted by Gasteiger charge is -2.23. The van der Waals surface area contributed by atoms with Gasteiger partial charge in [0.2, 0.25) is 0 Å². The highest BCUT2D eigenvalue weighted by Gasteiger charge is 2.17. The van der Waals surface area contributed by atoms with Crippen LogP contribution in [0.25, 0.3) is 0 Å². The van der Waals surface area contributed by atoms with Crippen LogP contribution in [0, 0.1) is 6.92 Å². The first-order chi connectivity index (χ1) is 10.0. The van der Waals surface area contributed by atoms with Gasteiger partial charge >= 0.3 is 0 Å². The summed E-state index contributed by atoms with van der Waals surface area (Å²) in [5.74, 6) is 0.788. The Labute approximate surface area is 131 Å². The summed E-state index contributed by atoms with van der Waals surface area (Å²) < 4.78 is 5.99. The van der Waals surface area contributed by atoms with Crippen molar-refractivity contribution < 1.29 is 4.74 Å². The fourth-order valence-corrected chi connectivity index (χ4v) is 2.38. The molecular weight excluding hydrogens is 282 g/mol. The van der Waals surface area contributed by atoms with Crippen molar-refractivity contribution >= 4 is 11.6 Å². The van der Waals surface area contributed by atoms with E-state index in [9.17, 15) is 0 Å². The Morgan fingerprint density at radius 2 is 1.81 bits per heavy atom. The minimum absolute atomic E-state index is 0.130. The highest BCUT2D eigenvalue weighted by atomic mass is 35.5. The third kappa shape index (κ3) is 3.99. The van der Waals surface area contributed by atoms with Gasteiger partial charge in [0.1, 0.15) is 11.9 Å². The zero-order chi connectivity index (χ0) is 15.4. The third-order valence-electron chi connectivity index (χ3n) is 3.74. The molecule has 112 valence electrons. The van der Waals surface area contributed by atoms with E-state index in [-0.39, 0.29) is 12.1 Å². The molecule has 3 heteroatoms. The molecule has 0 aliphatic rings.